The van der Waals surface area contributed by atoms with Gasteiger partial charge in [0.15, 0.2) is 11.5 Å². The van der Waals surface area contributed by atoms with Crippen LogP contribution in [0.1, 0.15) is 25.5 Å². The molecule has 0 fully saturated rings. The summed E-state index contributed by atoms with van der Waals surface area (Å²) in [6.45, 7) is 4.04. The quantitative estimate of drug-likeness (QED) is 0.875. The molecule has 0 spiro atoms. The maximum Gasteiger partial charge on any atom is 0.162 e. The summed E-state index contributed by atoms with van der Waals surface area (Å²) in [5.41, 5.74) is 6.14. The number of benzene rings is 1. The lowest BCUT2D eigenvalue weighted by Crippen LogP contribution is -2.13. The van der Waals surface area contributed by atoms with Crippen molar-refractivity contribution in [2.24, 2.45) is 5.73 Å². The van der Waals surface area contributed by atoms with Gasteiger partial charge >= 0.3 is 0 Å². The first-order valence-corrected chi connectivity index (χ1v) is 6.21. The second kappa shape index (κ2) is 6.23. The van der Waals surface area contributed by atoms with Crippen LogP contribution in [0.3, 0.4) is 0 Å². The smallest absolute Gasteiger partial charge is 0.162 e. The van der Waals surface area contributed by atoms with Gasteiger partial charge in [-0.1, -0.05) is 15.9 Å². The van der Waals surface area contributed by atoms with Crippen LogP contribution in [-0.2, 0) is 0 Å². The maximum atomic E-state index is 9.75. The third kappa shape index (κ3) is 3.59. The lowest BCUT2D eigenvalue weighted by atomic mass is 10.1. The van der Waals surface area contributed by atoms with Gasteiger partial charge in [0.05, 0.1) is 19.3 Å². The van der Waals surface area contributed by atoms with E-state index in [4.69, 9.17) is 15.2 Å². The van der Waals surface area contributed by atoms with Crippen molar-refractivity contribution in [1.82, 2.24) is 0 Å². The fourth-order valence-corrected chi connectivity index (χ4v) is 2.03. The normalized spacial score (nSPS) is 12.6. The summed E-state index contributed by atoms with van der Waals surface area (Å²) < 4.78 is 11.6. The fourth-order valence-electron chi connectivity index (χ4n) is 1.44. The molecule has 0 saturated carbocycles. The molecular weight excluding hydrogens is 286 g/mol. The summed E-state index contributed by atoms with van der Waals surface area (Å²) in [6.07, 6.45) is -0.660. The Labute approximate surface area is 110 Å². The Bertz CT molecular complexity index is 382. The number of methoxy groups -OCH3 is 1. The van der Waals surface area contributed by atoms with Crippen molar-refractivity contribution in [3.63, 3.8) is 0 Å². The molecule has 17 heavy (non-hydrogen) atoms. The number of aliphatic hydroxyl groups is 1. The first-order valence-electron chi connectivity index (χ1n) is 5.41. The van der Waals surface area contributed by atoms with Gasteiger partial charge in [0.2, 0.25) is 0 Å². The van der Waals surface area contributed by atoms with Gasteiger partial charge in [-0.25, -0.2) is 0 Å². The highest BCUT2D eigenvalue weighted by Crippen LogP contribution is 2.36. The molecule has 1 unspecified atom stereocenters. The van der Waals surface area contributed by atoms with Crippen LogP contribution >= 0.6 is 15.9 Å². The van der Waals surface area contributed by atoms with Gasteiger partial charge in [-0.15, -0.1) is 0 Å². The molecular formula is C12H18BrNO3. The Morgan fingerprint density at radius 2 is 2.00 bits per heavy atom. The predicted molar refractivity (Wildman–Crippen MR) is 70.5 cm³/mol. The van der Waals surface area contributed by atoms with Crippen molar-refractivity contribution >= 4 is 15.9 Å². The fraction of sp³-hybridized carbons (Fsp3) is 0.500. The molecule has 0 radical (unpaired) electrons. The van der Waals surface area contributed by atoms with Gasteiger partial charge in [0, 0.05) is 11.0 Å². The van der Waals surface area contributed by atoms with E-state index in [1.54, 1.807) is 19.2 Å². The zero-order chi connectivity index (χ0) is 13.0. The minimum Gasteiger partial charge on any atom is -0.493 e. The van der Waals surface area contributed by atoms with Crippen LogP contribution in [0.5, 0.6) is 11.5 Å². The van der Waals surface area contributed by atoms with Crippen molar-refractivity contribution in [3.8, 4) is 11.5 Å². The van der Waals surface area contributed by atoms with Gasteiger partial charge < -0.3 is 20.3 Å². The summed E-state index contributed by atoms with van der Waals surface area (Å²) in [5, 5.41) is 9.75. The average molecular weight is 304 g/mol. The largest absolute Gasteiger partial charge is 0.493 e. The molecule has 1 aromatic rings. The molecule has 0 amide bonds. The zero-order valence-electron chi connectivity index (χ0n) is 10.2. The number of hydrogen-bond donors (Lipinski definition) is 2. The molecule has 0 aliphatic heterocycles. The molecule has 96 valence electrons. The first-order chi connectivity index (χ1) is 7.99. The van der Waals surface area contributed by atoms with Gasteiger partial charge in [-0.05, 0) is 31.5 Å². The van der Waals surface area contributed by atoms with Crippen LogP contribution in [0.25, 0.3) is 0 Å². The lowest BCUT2D eigenvalue weighted by Gasteiger charge is -2.17. The molecule has 5 heteroatoms. The summed E-state index contributed by atoms with van der Waals surface area (Å²) in [6, 6.07) is 3.52. The predicted octanol–water partition coefficient (Wildman–Crippen LogP) is 2.24. The molecule has 0 bridgehead atoms. The molecule has 1 atom stereocenters. The van der Waals surface area contributed by atoms with Crippen LogP contribution in [0.4, 0.5) is 0 Å². The van der Waals surface area contributed by atoms with Crippen LogP contribution in [0, 0.1) is 0 Å². The highest BCUT2D eigenvalue weighted by molar-refractivity contribution is 9.10. The van der Waals surface area contributed by atoms with Crippen LogP contribution in [-0.4, -0.2) is 24.9 Å². The van der Waals surface area contributed by atoms with E-state index in [9.17, 15) is 5.11 Å². The van der Waals surface area contributed by atoms with E-state index in [1.807, 2.05) is 13.8 Å². The van der Waals surface area contributed by atoms with Crippen molar-refractivity contribution in [2.45, 2.75) is 26.1 Å². The van der Waals surface area contributed by atoms with E-state index in [1.165, 1.54) is 0 Å². The zero-order valence-corrected chi connectivity index (χ0v) is 11.8. The standard InChI is InChI=1S/C12H18BrNO3/c1-7(2)17-12-5-9(13)8(10(15)6-14)4-11(12)16-3/h4-5,7,10,15H,6,14H2,1-3H3. The highest BCUT2D eigenvalue weighted by Gasteiger charge is 2.15. The Hall–Kier alpha value is -0.780. The number of nitrogens with two attached hydrogens (primary N) is 1. The second-order valence-corrected chi connectivity index (χ2v) is 4.80. The number of aliphatic hydroxyl groups excluding tert-OH is 1. The van der Waals surface area contributed by atoms with E-state index < -0.39 is 6.10 Å². The average Bonchev–Trinajstić information content (AvgIpc) is 2.27. The highest BCUT2D eigenvalue weighted by atomic mass is 79.9. The van der Waals surface area contributed by atoms with Crippen molar-refractivity contribution in [2.75, 3.05) is 13.7 Å². The third-order valence-electron chi connectivity index (χ3n) is 2.23. The molecule has 1 aromatic carbocycles. The van der Waals surface area contributed by atoms with E-state index in [2.05, 4.69) is 15.9 Å². The van der Waals surface area contributed by atoms with E-state index in [-0.39, 0.29) is 12.6 Å². The molecule has 0 saturated heterocycles. The molecule has 1 rings (SSSR count). The SMILES string of the molecule is COc1cc(C(O)CN)c(Br)cc1OC(C)C. The molecule has 3 N–H and O–H groups in total. The van der Waals surface area contributed by atoms with Gasteiger partial charge in [0.25, 0.3) is 0 Å². The minimum atomic E-state index is -0.716. The van der Waals surface area contributed by atoms with Crippen LogP contribution in [0.15, 0.2) is 16.6 Å². The topological polar surface area (TPSA) is 64.7 Å². The third-order valence-corrected chi connectivity index (χ3v) is 2.91. The number of ether oxygens (including phenoxy) is 2. The monoisotopic (exact) mass is 303 g/mol. The summed E-state index contributed by atoms with van der Waals surface area (Å²) in [5.74, 6) is 1.23. The van der Waals surface area contributed by atoms with Gasteiger partial charge in [-0.3, -0.25) is 0 Å². The minimum absolute atomic E-state index is 0.0566. The summed E-state index contributed by atoms with van der Waals surface area (Å²) >= 11 is 3.39. The lowest BCUT2D eigenvalue weighted by molar-refractivity contribution is 0.184. The van der Waals surface area contributed by atoms with Crippen molar-refractivity contribution in [1.29, 1.82) is 0 Å². The molecule has 0 aliphatic rings. The number of halogens is 1. The van der Waals surface area contributed by atoms with Gasteiger partial charge in [0.1, 0.15) is 0 Å². The van der Waals surface area contributed by atoms with Crippen molar-refractivity contribution < 1.29 is 14.6 Å². The van der Waals surface area contributed by atoms with Gasteiger partial charge in [-0.2, -0.15) is 0 Å². The van der Waals surface area contributed by atoms with Crippen LogP contribution in [0.2, 0.25) is 0 Å². The molecule has 4 nitrogen and oxygen atoms in total. The molecule has 0 heterocycles. The van der Waals surface area contributed by atoms with Crippen LogP contribution < -0.4 is 15.2 Å². The Morgan fingerprint density at radius 3 is 2.47 bits per heavy atom. The summed E-state index contributed by atoms with van der Waals surface area (Å²) in [7, 11) is 1.56. The Morgan fingerprint density at radius 1 is 1.35 bits per heavy atom. The first kappa shape index (κ1) is 14.3. The molecule has 0 aromatic heterocycles. The van der Waals surface area contributed by atoms with E-state index >= 15 is 0 Å². The number of rotatable bonds is 5. The second-order valence-electron chi connectivity index (χ2n) is 3.94. The number of hydrogen-bond acceptors (Lipinski definition) is 4. The maximum absolute atomic E-state index is 9.75. The van der Waals surface area contributed by atoms with Crippen molar-refractivity contribution in [3.05, 3.63) is 22.2 Å². The Kier molecular flexibility index (Phi) is 5.24. The summed E-state index contributed by atoms with van der Waals surface area (Å²) in [4.78, 5) is 0. The van der Waals surface area contributed by atoms with E-state index in [0.717, 1.165) is 4.47 Å². The molecule has 0 aliphatic carbocycles. The van der Waals surface area contributed by atoms with E-state index in [0.29, 0.717) is 17.1 Å². The Balaban J connectivity index is 3.14.